The summed E-state index contributed by atoms with van der Waals surface area (Å²) >= 11 is 1.56. The first-order valence-corrected chi connectivity index (χ1v) is 10.0. The van der Waals surface area contributed by atoms with Gasteiger partial charge in [-0.05, 0) is 29.3 Å². The molecule has 1 amide bonds. The summed E-state index contributed by atoms with van der Waals surface area (Å²) in [5, 5.41) is 10.6. The van der Waals surface area contributed by atoms with Crippen molar-refractivity contribution in [2.75, 3.05) is 19.7 Å². The van der Waals surface area contributed by atoms with Crippen LogP contribution >= 0.6 is 11.8 Å². The third-order valence-electron chi connectivity index (χ3n) is 5.00. The number of allylic oxidation sites excluding steroid dienone is 1. The average molecular weight is 392 g/mol. The van der Waals surface area contributed by atoms with E-state index in [1.807, 2.05) is 42.6 Å². The van der Waals surface area contributed by atoms with Gasteiger partial charge in [0.25, 0.3) is 0 Å². The predicted octanol–water partition coefficient (Wildman–Crippen LogP) is 3.31. The van der Waals surface area contributed by atoms with E-state index in [1.54, 1.807) is 30.0 Å². The lowest BCUT2D eigenvalue weighted by Crippen LogP contribution is -2.46. The van der Waals surface area contributed by atoms with Gasteiger partial charge >= 0.3 is 0 Å². The van der Waals surface area contributed by atoms with Crippen molar-refractivity contribution in [3.63, 3.8) is 0 Å². The van der Waals surface area contributed by atoms with E-state index < -0.39 is 0 Å². The fourth-order valence-corrected chi connectivity index (χ4v) is 4.72. The van der Waals surface area contributed by atoms with E-state index in [9.17, 15) is 10.1 Å². The molecule has 2 aliphatic heterocycles. The molecule has 1 atom stereocenters. The van der Waals surface area contributed by atoms with E-state index in [0.29, 0.717) is 18.7 Å². The van der Waals surface area contributed by atoms with Gasteiger partial charge in [0.15, 0.2) is 0 Å². The SMILES string of the molecule is COc1ccc([C@@H]2CC(=O)N3CN(Cc4cccnc4)CSC3=C2C#N)cc1. The maximum atomic E-state index is 12.9. The Morgan fingerprint density at radius 1 is 1.32 bits per heavy atom. The van der Waals surface area contributed by atoms with Crippen molar-refractivity contribution in [3.8, 4) is 11.8 Å². The number of methoxy groups -OCH3 is 1. The molecular weight excluding hydrogens is 372 g/mol. The number of thioether (sulfide) groups is 1. The molecule has 6 nitrogen and oxygen atoms in total. The number of aromatic nitrogens is 1. The molecular formula is C21H20N4O2S. The smallest absolute Gasteiger partial charge is 0.229 e. The molecule has 7 heteroatoms. The van der Waals surface area contributed by atoms with E-state index >= 15 is 0 Å². The van der Waals surface area contributed by atoms with Crippen molar-refractivity contribution in [1.29, 1.82) is 5.26 Å². The summed E-state index contributed by atoms with van der Waals surface area (Å²) in [4.78, 5) is 21.0. The average Bonchev–Trinajstić information content (AvgIpc) is 2.75. The molecule has 0 N–H and O–H groups in total. The Bertz CT molecular complexity index is 937. The Kier molecular flexibility index (Phi) is 5.33. The molecule has 1 aromatic carbocycles. The first-order chi connectivity index (χ1) is 13.7. The second-order valence-corrected chi connectivity index (χ2v) is 7.72. The van der Waals surface area contributed by atoms with Crippen LogP contribution in [0.2, 0.25) is 0 Å². The summed E-state index contributed by atoms with van der Waals surface area (Å²) in [6.45, 7) is 1.22. The molecule has 1 fully saturated rings. The van der Waals surface area contributed by atoms with Crippen LogP contribution in [0.3, 0.4) is 0 Å². The molecule has 4 rings (SSSR count). The largest absolute Gasteiger partial charge is 0.497 e. The number of nitriles is 1. The molecule has 2 aromatic rings. The Balaban J connectivity index is 1.58. The molecule has 3 heterocycles. The molecule has 0 aliphatic carbocycles. The van der Waals surface area contributed by atoms with Crippen molar-refractivity contribution in [2.45, 2.75) is 18.9 Å². The van der Waals surface area contributed by atoms with Crippen LogP contribution < -0.4 is 4.74 Å². The molecule has 0 bridgehead atoms. The lowest BCUT2D eigenvalue weighted by molar-refractivity contribution is -0.131. The number of benzene rings is 1. The van der Waals surface area contributed by atoms with Crippen LogP contribution in [-0.2, 0) is 11.3 Å². The molecule has 2 aliphatic rings. The Morgan fingerprint density at radius 2 is 2.14 bits per heavy atom. The molecule has 142 valence electrons. The summed E-state index contributed by atoms with van der Waals surface area (Å²) in [5.41, 5.74) is 2.75. The Labute approximate surface area is 168 Å². The van der Waals surface area contributed by atoms with Gasteiger partial charge in [0.1, 0.15) is 5.75 Å². The number of amides is 1. The highest BCUT2D eigenvalue weighted by Gasteiger charge is 2.38. The molecule has 0 radical (unpaired) electrons. The van der Waals surface area contributed by atoms with Crippen LogP contribution in [0.25, 0.3) is 0 Å². The van der Waals surface area contributed by atoms with Gasteiger partial charge in [-0.25, -0.2) is 0 Å². The maximum absolute atomic E-state index is 12.9. The summed E-state index contributed by atoms with van der Waals surface area (Å²) in [6, 6.07) is 13.9. The lowest BCUT2D eigenvalue weighted by atomic mass is 9.86. The molecule has 28 heavy (non-hydrogen) atoms. The van der Waals surface area contributed by atoms with Crippen LogP contribution in [0.5, 0.6) is 5.75 Å². The lowest BCUT2D eigenvalue weighted by Gasteiger charge is -2.41. The van der Waals surface area contributed by atoms with Crippen LogP contribution in [-0.4, -0.2) is 40.3 Å². The fraction of sp³-hybridized carbons (Fsp3) is 0.286. The zero-order chi connectivity index (χ0) is 19.5. The van der Waals surface area contributed by atoms with Gasteiger partial charge in [-0.3, -0.25) is 19.6 Å². The number of hydrogen-bond acceptors (Lipinski definition) is 6. The second-order valence-electron chi connectivity index (χ2n) is 6.79. The molecule has 1 aromatic heterocycles. The highest BCUT2D eigenvalue weighted by Crippen LogP contribution is 2.42. The zero-order valence-corrected chi connectivity index (χ0v) is 16.4. The van der Waals surface area contributed by atoms with E-state index in [-0.39, 0.29) is 11.8 Å². The van der Waals surface area contributed by atoms with Crippen molar-refractivity contribution < 1.29 is 9.53 Å². The first kappa shape index (κ1) is 18.5. The molecule has 0 saturated carbocycles. The number of nitrogens with zero attached hydrogens (tertiary/aromatic N) is 4. The summed E-state index contributed by atoms with van der Waals surface area (Å²) in [5.74, 6) is 1.34. The van der Waals surface area contributed by atoms with Crippen LogP contribution in [0.15, 0.2) is 59.4 Å². The van der Waals surface area contributed by atoms with E-state index in [2.05, 4.69) is 16.0 Å². The number of carbonyl (C=O) groups is 1. The molecule has 1 saturated heterocycles. The molecule has 0 unspecified atom stereocenters. The minimum atomic E-state index is -0.202. The summed E-state index contributed by atoms with van der Waals surface area (Å²) in [7, 11) is 1.62. The highest BCUT2D eigenvalue weighted by atomic mass is 32.2. The fourth-order valence-electron chi connectivity index (χ4n) is 3.58. The van der Waals surface area contributed by atoms with Gasteiger partial charge < -0.3 is 4.74 Å². The number of ether oxygens (including phenoxy) is 1. The van der Waals surface area contributed by atoms with Gasteiger partial charge in [0.2, 0.25) is 5.91 Å². The second kappa shape index (κ2) is 8.05. The summed E-state index contributed by atoms with van der Waals surface area (Å²) < 4.78 is 5.21. The first-order valence-electron chi connectivity index (χ1n) is 9.02. The number of hydrogen-bond donors (Lipinski definition) is 0. The number of pyridine rings is 1. The highest BCUT2D eigenvalue weighted by molar-refractivity contribution is 8.03. The minimum absolute atomic E-state index is 0.0539. The number of fused-ring (bicyclic) bond motifs is 1. The van der Waals surface area contributed by atoms with Gasteiger partial charge in [-0.15, -0.1) is 0 Å². The Morgan fingerprint density at radius 3 is 2.82 bits per heavy atom. The predicted molar refractivity (Wildman–Crippen MR) is 107 cm³/mol. The standard InChI is InChI=1S/C21H20N4O2S/c1-27-17-6-4-16(5-7-17)18-9-20(26)25-13-24(12-15-3-2-8-23-11-15)14-28-21(25)19(18)10-22/h2-8,11,18H,9,12-14H2,1H3/t18-/m0/s1. The monoisotopic (exact) mass is 392 g/mol. The number of rotatable bonds is 4. The van der Waals surface area contributed by atoms with Crippen molar-refractivity contribution in [1.82, 2.24) is 14.8 Å². The van der Waals surface area contributed by atoms with E-state index in [4.69, 9.17) is 4.74 Å². The van der Waals surface area contributed by atoms with Crippen LogP contribution in [0.1, 0.15) is 23.5 Å². The number of carbonyl (C=O) groups excluding carboxylic acids is 1. The normalized spacial score (nSPS) is 19.9. The molecule has 0 spiro atoms. The third kappa shape index (κ3) is 3.61. The van der Waals surface area contributed by atoms with Crippen molar-refractivity contribution >= 4 is 17.7 Å². The zero-order valence-electron chi connectivity index (χ0n) is 15.5. The summed E-state index contributed by atoms with van der Waals surface area (Å²) in [6.07, 6.45) is 3.90. The topological polar surface area (TPSA) is 69.5 Å². The van der Waals surface area contributed by atoms with E-state index in [0.717, 1.165) is 34.3 Å². The maximum Gasteiger partial charge on any atom is 0.229 e. The van der Waals surface area contributed by atoms with Crippen LogP contribution in [0, 0.1) is 11.3 Å². The van der Waals surface area contributed by atoms with Crippen molar-refractivity contribution in [3.05, 3.63) is 70.5 Å². The third-order valence-corrected chi connectivity index (χ3v) is 6.20. The minimum Gasteiger partial charge on any atom is -0.497 e. The van der Waals surface area contributed by atoms with Gasteiger partial charge in [-0.2, -0.15) is 5.26 Å². The van der Waals surface area contributed by atoms with E-state index in [1.165, 1.54) is 0 Å². The van der Waals surface area contributed by atoms with Gasteiger partial charge in [0.05, 0.1) is 36.3 Å². The van der Waals surface area contributed by atoms with Crippen molar-refractivity contribution in [2.24, 2.45) is 0 Å². The van der Waals surface area contributed by atoms with Crippen LogP contribution in [0.4, 0.5) is 0 Å². The Hall–Kier alpha value is -2.82. The van der Waals surface area contributed by atoms with Gasteiger partial charge in [-0.1, -0.05) is 30.0 Å². The van der Waals surface area contributed by atoms with Gasteiger partial charge in [0, 0.05) is 31.3 Å². The quantitative estimate of drug-likeness (QED) is 0.795.